The molecule has 1 atom stereocenters. The average molecular weight is 210 g/mol. The maximum Gasteiger partial charge on any atom is 0.309 e. The van der Waals surface area contributed by atoms with Crippen LogP contribution in [0.15, 0.2) is 11.4 Å². The number of thiophene rings is 1. The van der Waals surface area contributed by atoms with Gasteiger partial charge in [0.1, 0.15) is 0 Å². The molecule has 0 fully saturated rings. The molecule has 0 N–H and O–H groups in total. The highest BCUT2D eigenvalue weighted by Crippen LogP contribution is 2.30. The van der Waals surface area contributed by atoms with Crippen molar-refractivity contribution in [3.8, 4) is 0 Å². The topological polar surface area (TPSA) is 26.3 Å². The van der Waals surface area contributed by atoms with Gasteiger partial charge in [-0.2, -0.15) is 0 Å². The van der Waals surface area contributed by atoms with E-state index >= 15 is 0 Å². The summed E-state index contributed by atoms with van der Waals surface area (Å²) in [5.74, 6) is 0.0765. The number of aryl methyl sites for hydroxylation is 1. The number of rotatable bonds is 2. The SMILES string of the molecule is CCOC(=O)C1CCc2ccsc2C1. The Labute approximate surface area is 87.9 Å². The van der Waals surface area contributed by atoms with Gasteiger partial charge in [-0.25, -0.2) is 0 Å². The van der Waals surface area contributed by atoms with E-state index in [9.17, 15) is 4.79 Å². The van der Waals surface area contributed by atoms with Gasteiger partial charge in [0.2, 0.25) is 0 Å². The molecule has 1 unspecified atom stereocenters. The minimum absolute atomic E-state index is 0.0217. The van der Waals surface area contributed by atoms with Crippen LogP contribution in [0.4, 0.5) is 0 Å². The van der Waals surface area contributed by atoms with Crippen LogP contribution < -0.4 is 0 Å². The van der Waals surface area contributed by atoms with Gasteiger partial charge < -0.3 is 4.74 Å². The molecule has 0 saturated heterocycles. The molecule has 1 heterocycles. The zero-order valence-corrected chi connectivity index (χ0v) is 9.10. The summed E-state index contributed by atoms with van der Waals surface area (Å²) in [4.78, 5) is 12.9. The fourth-order valence-electron chi connectivity index (χ4n) is 1.89. The van der Waals surface area contributed by atoms with Crippen LogP contribution in [-0.4, -0.2) is 12.6 Å². The number of fused-ring (bicyclic) bond motifs is 1. The molecule has 0 aliphatic heterocycles. The van der Waals surface area contributed by atoms with Crippen molar-refractivity contribution in [1.29, 1.82) is 0 Å². The van der Waals surface area contributed by atoms with E-state index < -0.39 is 0 Å². The largest absolute Gasteiger partial charge is 0.466 e. The summed E-state index contributed by atoms with van der Waals surface area (Å²) in [6.45, 7) is 2.35. The second-order valence-electron chi connectivity index (χ2n) is 3.56. The Morgan fingerprint density at radius 1 is 1.71 bits per heavy atom. The number of carbonyl (C=O) groups is 1. The molecule has 1 aliphatic carbocycles. The number of hydrogen-bond acceptors (Lipinski definition) is 3. The molecule has 2 rings (SSSR count). The van der Waals surface area contributed by atoms with Gasteiger partial charge in [-0.1, -0.05) is 0 Å². The van der Waals surface area contributed by atoms with Crippen LogP contribution >= 0.6 is 11.3 Å². The lowest BCUT2D eigenvalue weighted by Crippen LogP contribution is -2.23. The molecule has 0 radical (unpaired) electrons. The summed E-state index contributed by atoms with van der Waals surface area (Å²) in [5, 5.41) is 2.11. The lowest BCUT2D eigenvalue weighted by molar-refractivity contribution is -0.148. The lowest BCUT2D eigenvalue weighted by Gasteiger charge is -2.20. The molecule has 2 nitrogen and oxygen atoms in total. The monoisotopic (exact) mass is 210 g/mol. The Bertz CT molecular complexity index is 330. The molecular weight excluding hydrogens is 196 g/mol. The molecule has 0 bridgehead atoms. The van der Waals surface area contributed by atoms with Crippen molar-refractivity contribution < 1.29 is 9.53 Å². The number of esters is 1. The molecular formula is C11H14O2S. The molecule has 0 spiro atoms. The summed E-state index contributed by atoms with van der Waals surface area (Å²) < 4.78 is 5.04. The van der Waals surface area contributed by atoms with E-state index in [4.69, 9.17) is 4.74 Å². The Morgan fingerprint density at radius 2 is 2.57 bits per heavy atom. The van der Waals surface area contributed by atoms with Gasteiger partial charge in [0.05, 0.1) is 12.5 Å². The first-order valence-corrected chi connectivity index (χ1v) is 5.91. The summed E-state index contributed by atoms with van der Waals surface area (Å²) in [6, 6.07) is 2.17. The van der Waals surface area contributed by atoms with E-state index in [-0.39, 0.29) is 11.9 Å². The third-order valence-corrected chi connectivity index (χ3v) is 3.64. The molecule has 0 amide bonds. The van der Waals surface area contributed by atoms with Crippen LogP contribution in [0.25, 0.3) is 0 Å². The van der Waals surface area contributed by atoms with Crippen LogP contribution in [-0.2, 0) is 22.4 Å². The van der Waals surface area contributed by atoms with Gasteiger partial charge in [-0.3, -0.25) is 4.79 Å². The predicted molar refractivity (Wildman–Crippen MR) is 56.5 cm³/mol. The third kappa shape index (κ3) is 1.82. The van der Waals surface area contributed by atoms with Crippen molar-refractivity contribution in [3.63, 3.8) is 0 Å². The van der Waals surface area contributed by atoms with Crippen molar-refractivity contribution in [2.24, 2.45) is 5.92 Å². The van der Waals surface area contributed by atoms with E-state index in [2.05, 4.69) is 11.4 Å². The molecule has 1 aliphatic rings. The molecule has 0 aromatic carbocycles. The van der Waals surface area contributed by atoms with Crippen LogP contribution in [0.5, 0.6) is 0 Å². The lowest BCUT2D eigenvalue weighted by atomic mass is 9.89. The van der Waals surface area contributed by atoms with Crippen LogP contribution in [0.1, 0.15) is 23.8 Å². The second kappa shape index (κ2) is 4.13. The van der Waals surface area contributed by atoms with Gasteiger partial charge in [-0.15, -0.1) is 11.3 Å². The molecule has 3 heteroatoms. The zero-order chi connectivity index (χ0) is 9.97. The Balaban J connectivity index is 2.04. The summed E-state index contributed by atoms with van der Waals surface area (Å²) >= 11 is 1.76. The first kappa shape index (κ1) is 9.71. The van der Waals surface area contributed by atoms with Gasteiger partial charge in [0.25, 0.3) is 0 Å². The van der Waals surface area contributed by atoms with Crippen molar-refractivity contribution in [2.75, 3.05) is 6.61 Å². The standard InChI is InChI=1S/C11H14O2S/c1-2-13-11(12)9-4-3-8-5-6-14-10(8)7-9/h5-6,9H,2-4,7H2,1H3. The van der Waals surface area contributed by atoms with Crippen molar-refractivity contribution in [1.82, 2.24) is 0 Å². The Kier molecular flexibility index (Phi) is 2.87. The maximum atomic E-state index is 11.5. The highest BCUT2D eigenvalue weighted by atomic mass is 32.1. The van der Waals surface area contributed by atoms with E-state index in [1.165, 1.54) is 10.4 Å². The van der Waals surface area contributed by atoms with E-state index in [0.29, 0.717) is 6.61 Å². The molecule has 14 heavy (non-hydrogen) atoms. The number of carbonyl (C=O) groups excluding carboxylic acids is 1. The zero-order valence-electron chi connectivity index (χ0n) is 8.29. The van der Waals surface area contributed by atoms with E-state index in [1.807, 2.05) is 6.92 Å². The van der Waals surface area contributed by atoms with Crippen molar-refractivity contribution in [3.05, 3.63) is 21.9 Å². The van der Waals surface area contributed by atoms with Gasteiger partial charge in [-0.05, 0) is 43.2 Å². The summed E-state index contributed by atoms with van der Waals surface area (Å²) in [5.41, 5.74) is 1.43. The number of hydrogen-bond donors (Lipinski definition) is 0. The Hall–Kier alpha value is -0.830. The minimum Gasteiger partial charge on any atom is -0.466 e. The molecule has 1 aromatic rings. The fraction of sp³-hybridized carbons (Fsp3) is 0.545. The quantitative estimate of drug-likeness (QED) is 0.701. The van der Waals surface area contributed by atoms with Gasteiger partial charge in [0, 0.05) is 4.88 Å². The average Bonchev–Trinajstić information content (AvgIpc) is 2.64. The van der Waals surface area contributed by atoms with Crippen LogP contribution in [0, 0.1) is 5.92 Å². The molecule has 76 valence electrons. The van der Waals surface area contributed by atoms with Crippen molar-refractivity contribution in [2.45, 2.75) is 26.2 Å². The van der Waals surface area contributed by atoms with E-state index in [1.54, 1.807) is 11.3 Å². The minimum atomic E-state index is -0.0217. The smallest absolute Gasteiger partial charge is 0.309 e. The third-order valence-electron chi connectivity index (χ3n) is 2.65. The van der Waals surface area contributed by atoms with Gasteiger partial charge >= 0.3 is 5.97 Å². The first-order valence-electron chi connectivity index (χ1n) is 5.03. The second-order valence-corrected chi connectivity index (χ2v) is 4.56. The molecule has 0 saturated carbocycles. The maximum absolute atomic E-state index is 11.5. The van der Waals surface area contributed by atoms with Crippen LogP contribution in [0.3, 0.4) is 0 Å². The predicted octanol–water partition coefficient (Wildman–Crippen LogP) is 2.42. The fourth-order valence-corrected chi connectivity index (χ4v) is 2.90. The normalized spacial score (nSPS) is 20.2. The number of ether oxygens (including phenoxy) is 1. The highest BCUT2D eigenvalue weighted by molar-refractivity contribution is 7.10. The van der Waals surface area contributed by atoms with Gasteiger partial charge in [0.15, 0.2) is 0 Å². The van der Waals surface area contributed by atoms with E-state index in [0.717, 1.165) is 19.3 Å². The molecule has 1 aromatic heterocycles. The summed E-state index contributed by atoms with van der Waals surface area (Å²) in [7, 11) is 0. The Morgan fingerprint density at radius 3 is 3.36 bits per heavy atom. The first-order chi connectivity index (χ1) is 6.81. The van der Waals surface area contributed by atoms with Crippen molar-refractivity contribution >= 4 is 17.3 Å². The highest BCUT2D eigenvalue weighted by Gasteiger charge is 2.26. The summed E-state index contributed by atoms with van der Waals surface area (Å²) in [6.07, 6.45) is 2.86. The van der Waals surface area contributed by atoms with Crippen LogP contribution in [0.2, 0.25) is 0 Å².